The topological polar surface area (TPSA) is 49.7 Å². The van der Waals surface area contributed by atoms with Gasteiger partial charge in [-0.25, -0.2) is 0 Å². The Labute approximate surface area is 216 Å². The van der Waals surface area contributed by atoms with Crippen LogP contribution < -0.4 is 0 Å². The third kappa shape index (κ3) is 4.85. The average molecular weight is 629 g/mol. The van der Waals surface area contributed by atoms with E-state index >= 15 is 0 Å². The number of aliphatic imine (C=N–C) groups is 1. The fourth-order valence-electron chi connectivity index (χ4n) is 5.09. The molecular formula is C30H30IrNO2-. The number of nitrogens with zero attached hydrogens (tertiary/aromatic N) is 1. The van der Waals surface area contributed by atoms with Crippen molar-refractivity contribution in [2.45, 2.75) is 40.0 Å². The Morgan fingerprint density at radius 3 is 2.47 bits per heavy atom. The van der Waals surface area contributed by atoms with E-state index in [1.54, 1.807) is 0 Å². The van der Waals surface area contributed by atoms with Gasteiger partial charge in [0.15, 0.2) is 5.78 Å². The average Bonchev–Trinajstić information content (AvgIpc) is 2.99. The largest absolute Gasteiger partial charge is 0.512 e. The predicted octanol–water partition coefficient (Wildman–Crippen LogP) is 6.81. The number of aliphatic hydroxyl groups excluding tert-OH is 1. The second-order valence-electron chi connectivity index (χ2n) is 9.41. The van der Waals surface area contributed by atoms with Gasteiger partial charge in [0.1, 0.15) is 0 Å². The van der Waals surface area contributed by atoms with Gasteiger partial charge in [-0.05, 0) is 42.0 Å². The molecule has 0 amide bonds. The van der Waals surface area contributed by atoms with E-state index in [1.165, 1.54) is 53.3 Å². The van der Waals surface area contributed by atoms with Crippen LogP contribution in [-0.2, 0) is 30.3 Å². The van der Waals surface area contributed by atoms with E-state index < -0.39 is 0 Å². The number of aliphatic hydroxyl groups is 1. The Morgan fingerprint density at radius 1 is 1.09 bits per heavy atom. The molecule has 2 aliphatic carbocycles. The molecule has 4 heteroatoms. The van der Waals surface area contributed by atoms with Crippen LogP contribution in [-0.4, -0.2) is 16.6 Å². The number of ketones is 1. The van der Waals surface area contributed by atoms with Crippen molar-refractivity contribution < 1.29 is 30.0 Å². The maximum absolute atomic E-state index is 10.0. The number of aryl methyl sites for hydroxylation is 1. The first kappa shape index (κ1) is 25.8. The van der Waals surface area contributed by atoms with Crippen LogP contribution in [0.3, 0.4) is 0 Å². The minimum Gasteiger partial charge on any atom is -0.512 e. The van der Waals surface area contributed by atoms with Crippen molar-refractivity contribution in [1.82, 2.24) is 0 Å². The molecule has 34 heavy (non-hydrogen) atoms. The maximum atomic E-state index is 10.0. The van der Waals surface area contributed by atoms with Gasteiger partial charge in [0.25, 0.3) is 0 Å². The zero-order valence-corrected chi connectivity index (χ0v) is 22.6. The second-order valence-corrected chi connectivity index (χ2v) is 9.41. The van der Waals surface area contributed by atoms with Gasteiger partial charge in [0.05, 0.1) is 5.76 Å². The van der Waals surface area contributed by atoms with E-state index in [-0.39, 0.29) is 37.1 Å². The SMILES string of the molecule is CC(=O)/C=C(/C)O.Cc1[c-]c(C2=NC=CC3C=CC=CC23)c2c(c1)-c1ccccc1C2(C)C.[Ir]. The fourth-order valence-corrected chi connectivity index (χ4v) is 5.09. The molecule has 5 rings (SSSR count). The van der Waals surface area contributed by atoms with Gasteiger partial charge in [-0.2, -0.15) is 0 Å². The van der Waals surface area contributed by atoms with Crippen molar-refractivity contribution in [2.75, 3.05) is 0 Å². The predicted molar refractivity (Wildman–Crippen MR) is 136 cm³/mol. The van der Waals surface area contributed by atoms with Crippen LogP contribution >= 0.6 is 0 Å². The fraction of sp³-hybridized carbons (Fsp3) is 0.267. The molecule has 0 saturated carbocycles. The summed E-state index contributed by atoms with van der Waals surface area (Å²) >= 11 is 0. The number of hydrogen-bond acceptors (Lipinski definition) is 3. The van der Waals surface area contributed by atoms with Crippen LogP contribution in [0.15, 0.2) is 83.7 Å². The van der Waals surface area contributed by atoms with Crippen molar-refractivity contribution in [2.24, 2.45) is 16.8 Å². The number of carbonyl (C=O) groups is 1. The summed E-state index contributed by atoms with van der Waals surface area (Å²) in [5.74, 6) is 0.628. The van der Waals surface area contributed by atoms with Crippen LogP contribution in [0.4, 0.5) is 0 Å². The standard InChI is InChI=1S/C25H22N.C5H8O2.Ir/c1-16-14-20-19-10-6-7-11-22(19)25(2,3)23(20)21(15-16)24-18-9-5-4-8-17(18)12-13-26-24;1-4(6)3-5(2)7;/h4-14,17-18H,1-3H3;3,6H,1-2H3;/q-1;;/b;4-3-;. The first-order valence-corrected chi connectivity index (χ1v) is 11.3. The minimum atomic E-state index is -0.125. The molecule has 2 aromatic rings. The molecule has 0 aromatic heterocycles. The molecule has 3 nitrogen and oxygen atoms in total. The van der Waals surface area contributed by atoms with Crippen molar-refractivity contribution in [3.8, 4) is 11.1 Å². The molecule has 0 saturated heterocycles. The molecule has 3 aliphatic rings. The molecule has 177 valence electrons. The molecule has 2 unspecified atom stereocenters. The summed E-state index contributed by atoms with van der Waals surface area (Å²) in [6.45, 7) is 9.65. The van der Waals surface area contributed by atoms with Crippen LogP contribution in [0.1, 0.15) is 49.9 Å². The zero-order valence-electron chi connectivity index (χ0n) is 20.2. The van der Waals surface area contributed by atoms with Crippen molar-refractivity contribution >= 4 is 11.5 Å². The summed E-state index contributed by atoms with van der Waals surface area (Å²) in [4.78, 5) is 14.9. The summed E-state index contributed by atoms with van der Waals surface area (Å²) < 4.78 is 0. The number of rotatable bonds is 2. The Balaban J connectivity index is 0.000000357. The molecule has 0 bridgehead atoms. The van der Waals surface area contributed by atoms with Gasteiger partial charge in [0.2, 0.25) is 0 Å². The second kappa shape index (κ2) is 10.2. The molecule has 1 heterocycles. The van der Waals surface area contributed by atoms with Gasteiger partial charge in [-0.3, -0.25) is 4.79 Å². The van der Waals surface area contributed by atoms with Gasteiger partial charge >= 0.3 is 0 Å². The van der Waals surface area contributed by atoms with Crippen molar-refractivity contribution in [3.63, 3.8) is 0 Å². The quantitative estimate of drug-likeness (QED) is 0.226. The maximum Gasteiger partial charge on any atom is 0.155 e. The molecule has 0 fully saturated rings. The third-order valence-corrected chi connectivity index (χ3v) is 6.40. The number of allylic oxidation sites excluding steroid dienone is 7. The smallest absolute Gasteiger partial charge is 0.155 e. The zero-order chi connectivity index (χ0) is 23.8. The molecule has 1 N–H and O–H groups in total. The third-order valence-electron chi connectivity index (χ3n) is 6.40. The number of carbonyl (C=O) groups excluding carboxylic acids is 1. The molecule has 2 atom stereocenters. The summed E-state index contributed by atoms with van der Waals surface area (Å²) in [6, 6.07) is 14.8. The van der Waals surface area contributed by atoms with Crippen LogP contribution in [0.25, 0.3) is 11.1 Å². The van der Waals surface area contributed by atoms with E-state index in [0.717, 1.165) is 5.71 Å². The van der Waals surface area contributed by atoms with Gasteiger partial charge < -0.3 is 10.1 Å². The summed E-state index contributed by atoms with van der Waals surface area (Å²) in [6.07, 6.45) is 14.2. The van der Waals surface area contributed by atoms with Crippen LogP contribution in [0, 0.1) is 24.8 Å². The number of benzene rings is 2. The van der Waals surface area contributed by atoms with Crippen molar-refractivity contribution in [3.05, 3.63) is 107 Å². The molecule has 2 aromatic carbocycles. The number of fused-ring (bicyclic) bond motifs is 4. The van der Waals surface area contributed by atoms with E-state index in [4.69, 9.17) is 10.1 Å². The first-order chi connectivity index (χ1) is 15.7. The van der Waals surface area contributed by atoms with Gasteiger partial charge in [-0.1, -0.05) is 81.0 Å². The van der Waals surface area contributed by atoms with Crippen LogP contribution in [0.2, 0.25) is 0 Å². The minimum absolute atomic E-state index is 0. The van der Waals surface area contributed by atoms with Crippen molar-refractivity contribution in [1.29, 1.82) is 0 Å². The molecule has 1 aliphatic heterocycles. The monoisotopic (exact) mass is 629 g/mol. The van der Waals surface area contributed by atoms with E-state index in [0.29, 0.717) is 11.8 Å². The number of hydrogen-bond donors (Lipinski definition) is 1. The Hall–Kier alpha value is -2.81. The normalized spacial score (nSPS) is 20.7. The molecule has 0 spiro atoms. The molecule has 1 radical (unpaired) electrons. The first-order valence-electron chi connectivity index (χ1n) is 11.3. The Morgan fingerprint density at radius 2 is 1.79 bits per heavy atom. The summed E-state index contributed by atoms with van der Waals surface area (Å²) in [5.41, 5.74) is 8.96. The Bertz CT molecular complexity index is 1260. The Kier molecular flexibility index (Phi) is 7.75. The molecular weight excluding hydrogens is 599 g/mol. The van der Waals surface area contributed by atoms with Gasteiger partial charge in [-0.15, -0.1) is 28.8 Å². The summed E-state index contributed by atoms with van der Waals surface area (Å²) in [7, 11) is 0. The van der Waals surface area contributed by atoms with Crippen LogP contribution in [0.5, 0.6) is 0 Å². The summed E-state index contributed by atoms with van der Waals surface area (Å²) in [5, 5.41) is 8.36. The van der Waals surface area contributed by atoms with E-state index in [1.807, 2.05) is 6.20 Å². The van der Waals surface area contributed by atoms with E-state index in [9.17, 15) is 4.79 Å². The van der Waals surface area contributed by atoms with E-state index in [2.05, 4.69) is 87.5 Å². The van der Waals surface area contributed by atoms with Gasteiger partial charge in [0, 0.05) is 38.3 Å².